The number of hydrogen-bond donors (Lipinski definition) is 0. The Morgan fingerprint density at radius 1 is 1.12 bits per heavy atom. The zero-order chi connectivity index (χ0) is 18.3. The molecule has 0 aromatic heterocycles. The molecule has 3 heterocycles. The maximum absolute atomic E-state index is 13.0. The average Bonchev–Trinajstić information content (AvgIpc) is 3.24. The maximum atomic E-state index is 13.0. The summed E-state index contributed by atoms with van der Waals surface area (Å²) in [6.45, 7) is 6.09. The molecule has 0 bridgehead atoms. The largest absolute Gasteiger partial charge is 0.310 e. The van der Waals surface area contributed by atoms with Crippen molar-refractivity contribution in [3.05, 3.63) is 29.8 Å². The van der Waals surface area contributed by atoms with Gasteiger partial charge in [0.2, 0.25) is 5.91 Å². The summed E-state index contributed by atoms with van der Waals surface area (Å²) in [6.07, 6.45) is 1.68. The Morgan fingerprint density at radius 2 is 1.85 bits per heavy atom. The van der Waals surface area contributed by atoms with Gasteiger partial charge in [-0.25, -0.2) is 8.42 Å². The van der Waals surface area contributed by atoms with E-state index in [1.165, 1.54) is 5.56 Å². The van der Waals surface area contributed by atoms with Crippen molar-refractivity contribution in [3.8, 4) is 0 Å². The summed E-state index contributed by atoms with van der Waals surface area (Å²) < 4.78 is 23.4. The fourth-order valence-electron chi connectivity index (χ4n) is 4.50. The van der Waals surface area contributed by atoms with Gasteiger partial charge < -0.3 is 4.90 Å². The van der Waals surface area contributed by atoms with Crippen LogP contribution in [0, 0.1) is 0 Å². The van der Waals surface area contributed by atoms with E-state index in [1.54, 1.807) is 0 Å². The van der Waals surface area contributed by atoms with E-state index >= 15 is 0 Å². The first-order valence-electron chi connectivity index (χ1n) is 9.52. The Morgan fingerprint density at radius 3 is 2.54 bits per heavy atom. The Balaban J connectivity index is 1.35. The highest BCUT2D eigenvalue weighted by Gasteiger charge is 2.36. The molecule has 0 radical (unpaired) electrons. The molecule has 2 saturated heterocycles. The quantitative estimate of drug-likeness (QED) is 0.779. The van der Waals surface area contributed by atoms with Crippen LogP contribution < -0.4 is 4.90 Å². The van der Waals surface area contributed by atoms with Gasteiger partial charge >= 0.3 is 0 Å². The van der Waals surface area contributed by atoms with Gasteiger partial charge in [0.05, 0.1) is 17.5 Å². The average molecular weight is 378 g/mol. The summed E-state index contributed by atoms with van der Waals surface area (Å²) in [5.41, 5.74) is 2.31. The smallest absolute Gasteiger partial charge is 0.244 e. The second kappa shape index (κ2) is 6.94. The normalized spacial score (nSPS) is 27.4. The topological polar surface area (TPSA) is 60.9 Å². The lowest BCUT2D eigenvalue weighted by molar-refractivity contribution is -0.124. The number of anilines is 1. The zero-order valence-corrected chi connectivity index (χ0v) is 16.1. The number of sulfone groups is 1. The van der Waals surface area contributed by atoms with Gasteiger partial charge in [0, 0.05) is 44.5 Å². The minimum atomic E-state index is -2.84. The van der Waals surface area contributed by atoms with Crippen molar-refractivity contribution in [1.82, 2.24) is 9.80 Å². The molecule has 7 heteroatoms. The number of carbonyl (C=O) groups excluding carboxylic acids is 1. The van der Waals surface area contributed by atoms with Gasteiger partial charge in [0.25, 0.3) is 0 Å². The van der Waals surface area contributed by atoms with Crippen LogP contribution in [0.5, 0.6) is 0 Å². The van der Waals surface area contributed by atoms with E-state index in [0.29, 0.717) is 11.5 Å². The van der Waals surface area contributed by atoms with Crippen molar-refractivity contribution in [3.63, 3.8) is 0 Å². The molecule has 2 fully saturated rings. The molecule has 1 amide bonds. The van der Waals surface area contributed by atoms with Crippen LogP contribution in [0.15, 0.2) is 24.3 Å². The highest BCUT2D eigenvalue weighted by Crippen LogP contribution is 2.29. The van der Waals surface area contributed by atoms with Crippen molar-refractivity contribution >= 4 is 21.4 Å². The van der Waals surface area contributed by atoms with Gasteiger partial charge in [-0.1, -0.05) is 18.2 Å². The number of rotatable bonds is 3. The first-order chi connectivity index (χ1) is 12.4. The SMILES string of the molecule is C[C@@H](C(=O)N1CCc2ccccc21)N1CCN([C@@H]2CCS(=O)(=O)C2)CC1. The third kappa shape index (κ3) is 3.40. The molecule has 3 aliphatic rings. The first-order valence-corrected chi connectivity index (χ1v) is 11.3. The predicted molar refractivity (Wildman–Crippen MR) is 102 cm³/mol. The van der Waals surface area contributed by atoms with Crippen molar-refractivity contribution in [2.24, 2.45) is 0 Å². The van der Waals surface area contributed by atoms with Gasteiger partial charge in [-0.3, -0.25) is 14.6 Å². The lowest BCUT2D eigenvalue weighted by atomic mass is 10.1. The summed E-state index contributed by atoms with van der Waals surface area (Å²) in [5, 5.41) is 0. The Labute approximate surface area is 155 Å². The number of benzene rings is 1. The van der Waals surface area contributed by atoms with Crippen molar-refractivity contribution in [2.45, 2.75) is 31.8 Å². The van der Waals surface area contributed by atoms with E-state index in [9.17, 15) is 13.2 Å². The fraction of sp³-hybridized carbons (Fsp3) is 0.632. The van der Waals surface area contributed by atoms with Gasteiger partial charge in [-0.05, 0) is 31.4 Å². The van der Waals surface area contributed by atoms with Gasteiger partial charge in [0.15, 0.2) is 9.84 Å². The first kappa shape index (κ1) is 17.9. The summed E-state index contributed by atoms with van der Waals surface area (Å²) in [6, 6.07) is 8.17. The predicted octanol–water partition coefficient (Wildman–Crippen LogP) is 0.769. The molecule has 6 nitrogen and oxygen atoms in total. The molecule has 0 aliphatic carbocycles. The molecule has 0 saturated carbocycles. The number of carbonyl (C=O) groups is 1. The number of piperazine rings is 1. The molecule has 1 aromatic carbocycles. The van der Waals surface area contributed by atoms with E-state index in [-0.39, 0.29) is 18.0 Å². The van der Waals surface area contributed by atoms with Crippen LogP contribution in [-0.2, 0) is 21.1 Å². The van der Waals surface area contributed by atoms with Crippen LogP contribution in [0.1, 0.15) is 18.9 Å². The number of para-hydroxylation sites is 1. The monoisotopic (exact) mass is 377 g/mol. The Hall–Kier alpha value is -1.44. The molecular weight excluding hydrogens is 350 g/mol. The number of fused-ring (bicyclic) bond motifs is 1. The molecule has 142 valence electrons. The van der Waals surface area contributed by atoms with E-state index < -0.39 is 9.84 Å². The summed E-state index contributed by atoms with van der Waals surface area (Å²) in [5.74, 6) is 0.791. The Kier molecular flexibility index (Phi) is 4.79. The van der Waals surface area contributed by atoms with Gasteiger partial charge in [-0.15, -0.1) is 0 Å². The third-order valence-electron chi connectivity index (χ3n) is 6.13. The third-order valence-corrected chi connectivity index (χ3v) is 7.88. The van der Waals surface area contributed by atoms with Crippen molar-refractivity contribution in [1.29, 1.82) is 0 Å². The van der Waals surface area contributed by atoms with Gasteiger partial charge in [-0.2, -0.15) is 0 Å². The number of amides is 1. The van der Waals surface area contributed by atoms with E-state index in [0.717, 1.165) is 51.3 Å². The number of hydrogen-bond acceptors (Lipinski definition) is 5. The molecule has 1 aromatic rings. The lowest BCUT2D eigenvalue weighted by Crippen LogP contribution is -2.56. The van der Waals surface area contributed by atoms with Crippen LogP contribution in [0.3, 0.4) is 0 Å². The summed E-state index contributed by atoms with van der Waals surface area (Å²) in [4.78, 5) is 19.5. The molecule has 4 rings (SSSR count). The van der Waals surface area contributed by atoms with Crippen molar-refractivity contribution < 1.29 is 13.2 Å². The van der Waals surface area contributed by atoms with E-state index in [1.807, 2.05) is 30.0 Å². The van der Waals surface area contributed by atoms with Crippen molar-refractivity contribution in [2.75, 3.05) is 49.1 Å². The zero-order valence-electron chi connectivity index (χ0n) is 15.3. The highest BCUT2D eigenvalue weighted by atomic mass is 32.2. The van der Waals surface area contributed by atoms with E-state index in [2.05, 4.69) is 15.9 Å². The molecule has 26 heavy (non-hydrogen) atoms. The molecular formula is C19H27N3O3S. The fourth-order valence-corrected chi connectivity index (χ4v) is 6.26. The minimum absolute atomic E-state index is 0.143. The molecule has 0 spiro atoms. The van der Waals surface area contributed by atoms with Gasteiger partial charge in [0.1, 0.15) is 0 Å². The lowest BCUT2D eigenvalue weighted by Gasteiger charge is -2.40. The van der Waals surface area contributed by atoms with E-state index in [4.69, 9.17) is 0 Å². The molecule has 2 atom stereocenters. The second-order valence-electron chi connectivity index (χ2n) is 7.67. The maximum Gasteiger partial charge on any atom is 0.244 e. The Bertz CT molecular complexity index is 787. The molecule has 0 unspecified atom stereocenters. The van der Waals surface area contributed by atoms with Crippen LogP contribution in [0.4, 0.5) is 5.69 Å². The van der Waals surface area contributed by atoms with Crippen LogP contribution in [0.25, 0.3) is 0 Å². The molecule has 0 N–H and O–H groups in total. The standard InChI is InChI=1S/C19H27N3O3S/c1-15(19(23)22-8-6-16-4-2-3-5-18(16)22)20-9-11-21(12-10-20)17-7-13-26(24,25)14-17/h2-5,15,17H,6-14H2,1H3/t15-,17+/m0/s1. The number of nitrogens with zero attached hydrogens (tertiary/aromatic N) is 3. The summed E-state index contributed by atoms with van der Waals surface area (Å²) >= 11 is 0. The highest BCUT2D eigenvalue weighted by molar-refractivity contribution is 7.91. The minimum Gasteiger partial charge on any atom is -0.310 e. The van der Waals surface area contributed by atoms with Crippen LogP contribution >= 0.6 is 0 Å². The molecule has 3 aliphatic heterocycles. The van der Waals surface area contributed by atoms with Crippen LogP contribution in [-0.4, -0.2) is 80.4 Å². The summed E-state index contributed by atoms with van der Waals surface area (Å²) in [7, 11) is -2.84. The second-order valence-corrected chi connectivity index (χ2v) is 9.90. The van der Waals surface area contributed by atoms with Crippen LogP contribution in [0.2, 0.25) is 0 Å².